The lowest BCUT2D eigenvalue weighted by Crippen LogP contribution is -2.44. The number of carbonyl (C=O) groups is 2. The lowest BCUT2D eigenvalue weighted by molar-refractivity contribution is -0.137. The summed E-state index contributed by atoms with van der Waals surface area (Å²) in [5, 5.41) is 15.9. The second-order valence-electron chi connectivity index (χ2n) is 5.85. The molecular formula is C15H23N3O4. The zero-order valence-electron chi connectivity index (χ0n) is 13.0. The first-order chi connectivity index (χ1) is 10.5. The summed E-state index contributed by atoms with van der Waals surface area (Å²) >= 11 is 0. The normalized spacial score (nSPS) is 16.0. The molecule has 7 heteroatoms. The van der Waals surface area contributed by atoms with Gasteiger partial charge in [0.15, 0.2) is 0 Å². The number of ether oxygens (including phenoxy) is 1. The van der Waals surface area contributed by atoms with Crippen LogP contribution in [-0.4, -0.2) is 57.9 Å². The van der Waals surface area contributed by atoms with Crippen molar-refractivity contribution >= 4 is 11.9 Å². The lowest BCUT2D eigenvalue weighted by atomic mass is 10.1. The van der Waals surface area contributed by atoms with Crippen LogP contribution in [0.1, 0.15) is 55.2 Å². The third-order valence-electron chi connectivity index (χ3n) is 3.90. The standard InChI is InChI=1S/C15H23N3O4/c1-10(2)12-9-13(17-16-12)15(21)18(6-3-14(19)20)11-4-7-22-8-5-11/h9-11H,3-8H2,1-2H3,(H,16,17)(H,19,20). The number of nitrogens with zero attached hydrogens (tertiary/aromatic N) is 2. The Morgan fingerprint density at radius 3 is 2.68 bits per heavy atom. The minimum absolute atomic E-state index is 0.0137. The molecule has 1 fully saturated rings. The molecule has 0 bridgehead atoms. The molecule has 1 aliphatic heterocycles. The van der Waals surface area contributed by atoms with E-state index in [1.54, 1.807) is 11.0 Å². The van der Waals surface area contributed by atoms with E-state index in [9.17, 15) is 9.59 Å². The Morgan fingerprint density at radius 1 is 1.45 bits per heavy atom. The Bertz CT molecular complexity index is 521. The van der Waals surface area contributed by atoms with Crippen LogP contribution < -0.4 is 0 Å². The SMILES string of the molecule is CC(C)c1cc(C(=O)N(CCC(=O)O)C2CCOCC2)n[nH]1. The summed E-state index contributed by atoms with van der Waals surface area (Å²) in [6.07, 6.45) is 1.39. The van der Waals surface area contributed by atoms with Gasteiger partial charge in [0.1, 0.15) is 5.69 Å². The number of aliphatic carboxylic acids is 1. The van der Waals surface area contributed by atoms with E-state index in [0.717, 1.165) is 18.5 Å². The van der Waals surface area contributed by atoms with E-state index in [1.165, 1.54) is 0 Å². The number of hydrogen-bond acceptors (Lipinski definition) is 4. The quantitative estimate of drug-likeness (QED) is 0.832. The number of carbonyl (C=O) groups excluding carboxylic acids is 1. The fourth-order valence-corrected chi connectivity index (χ4v) is 2.55. The van der Waals surface area contributed by atoms with Crippen molar-refractivity contribution in [2.75, 3.05) is 19.8 Å². The Labute approximate surface area is 129 Å². The van der Waals surface area contributed by atoms with Crippen LogP contribution in [0, 0.1) is 0 Å². The summed E-state index contributed by atoms with van der Waals surface area (Å²) in [6, 6.07) is 1.76. The number of carboxylic acids is 1. The van der Waals surface area contributed by atoms with E-state index in [1.807, 2.05) is 13.8 Å². The maximum atomic E-state index is 12.7. The van der Waals surface area contributed by atoms with Crippen LogP contribution in [0.25, 0.3) is 0 Å². The largest absolute Gasteiger partial charge is 0.481 e. The molecule has 1 aromatic rings. The minimum Gasteiger partial charge on any atom is -0.481 e. The topological polar surface area (TPSA) is 95.5 Å². The average Bonchev–Trinajstić information content (AvgIpc) is 2.98. The highest BCUT2D eigenvalue weighted by Crippen LogP contribution is 2.19. The molecule has 0 unspecified atom stereocenters. The fraction of sp³-hybridized carbons (Fsp3) is 0.667. The Hall–Kier alpha value is -1.89. The number of rotatable bonds is 6. The van der Waals surface area contributed by atoms with Crippen LogP contribution in [0.15, 0.2) is 6.07 Å². The predicted molar refractivity (Wildman–Crippen MR) is 79.8 cm³/mol. The molecule has 7 nitrogen and oxygen atoms in total. The Balaban J connectivity index is 2.14. The highest BCUT2D eigenvalue weighted by atomic mass is 16.5. The van der Waals surface area contributed by atoms with Gasteiger partial charge in [-0.15, -0.1) is 0 Å². The van der Waals surface area contributed by atoms with Crippen LogP contribution in [0.4, 0.5) is 0 Å². The first-order valence-corrected chi connectivity index (χ1v) is 7.65. The monoisotopic (exact) mass is 309 g/mol. The molecule has 1 amide bonds. The van der Waals surface area contributed by atoms with Crippen molar-refractivity contribution in [3.63, 3.8) is 0 Å². The van der Waals surface area contributed by atoms with E-state index in [0.29, 0.717) is 18.9 Å². The van der Waals surface area contributed by atoms with E-state index in [4.69, 9.17) is 9.84 Å². The van der Waals surface area contributed by atoms with E-state index in [2.05, 4.69) is 10.2 Å². The molecule has 0 atom stereocenters. The van der Waals surface area contributed by atoms with Gasteiger partial charge in [0, 0.05) is 31.5 Å². The number of nitrogens with one attached hydrogen (secondary N) is 1. The summed E-state index contributed by atoms with van der Waals surface area (Å²) in [6.45, 7) is 5.42. The van der Waals surface area contributed by atoms with Gasteiger partial charge < -0.3 is 14.7 Å². The zero-order valence-corrected chi connectivity index (χ0v) is 13.0. The van der Waals surface area contributed by atoms with Gasteiger partial charge in [0.05, 0.1) is 6.42 Å². The summed E-state index contributed by atoms with van der Waals surface area (Å²) < 4.78 is 5.32. The number of H-pyrrole nitrogens is 1. The number of aromatic nitrogens is 2. The molecule has 2 rings (SSSR count). The summed E-state index contributed by atoms with van der Waals surface area (Å²) in [5.74, 6) is -0.865. The number of hydrogen-bond donors (Lipinski definition) is 2. The maximum absolute atomic E-state index is 12.7. The third-order valence-corrected chi connectivity index (χ3v) is 3.90. The molecule has 0 radical (unpaired) electrons. The van der Waals surface area contributed by atoms with Crippen molar-refractivity contribution in [2.45, 2.75) is 45.1 Å². The molecule has 2 heterocycles. The van der Waals surface area contributed by atoms with Gasteiger partial charge in [-0.2, -0.15) is 5.10 Å². The van der Waals surface area contributed by atoms with Gasteiger partial charge in [-0.25, -0.2) is 0 Å². The molecule has 122 valence electrons. The number of aromatic amines is 1. The third kappa shape index (κ3) is 4.07. The molecule has 0 saturated carbocycles. The first-order valence-electron chi connectivity index (χ1n) is 7.65. The van der Waals surface area contributed by atoms with Crippen molar-refractivity contribution in [2.24, 2.45) is 0 Å². The van der Waals surface area contributed by atoms with Gasteiger partial charge in [-0.3, -0.25) is 14.7 Å². The van der Waals surface area contributed by atoms with Crippen LogP contribution in [0.3, 0.4) is 0 Å². The maximum Gasteiger partial charge on any atom is 0.305 e. The van der Waals surface area contributed by atoms with Crippen molar-refractivity contribution in [3.05, 3.63) is 17.5 Å². The zero-order chi connectivity index (χ0) is 16.1. The second kappa shape index (κ2) is 7.40. The van der Waals surface area contributed by atoms with E-state index >= 15 is 0 Å². The smallest absolute Gasteiger partial charge is 0.305 e. The Morgan fingerprint density at radius 2 is 2.14 bits per heavy atom. The molecular weight excluding hydrogens is 286 g/mol. The van der Waals surface area contributed by atoms with Gasteiger partial charge in [0.2, 0.25) is 0 Å². The van der Waals surface area contributed by atoms with E-state index < -0.39 is 5.97 Å². The average molecular weight is 309 g/mol. The molecule has 0 aliphatic carbocycles. The van der Waals surface area contributed by atoms with Crippen molar-refractivity contribution < 1.29 is 19.4 Å². The minimum atomic E-state index is -0.908. The molecule has 0 aromatic carbocycles. The highest BCUT2D eigenvalue weighted by Gasteiger charge is 2.28. The van der Waals surface area contributed by atoms with Gasteiger partial charge >= 0.3 is 5.97 Å². The molecule has 1 aliphatic rings. The van der Waals surface area contributed by atoms with Crippen molar-refractivity contribution in [1.82, 2.24) is 15.1 Å². The number of carboxylic acid groups (broad SMARTS) is 1. The molecule has 1 aromatic heterocycles. The lowest BCUT2D eigenvalue weighted by Gasteiger charge is -2.33. The summed E-state index contributed by atoms with van der Waals surface area (Å²) in [5.41, 5.74) is 1.24. The first kappa shape index (κ1) is 16.5. The summed E-state index contributed by atoms with van der Waals surface area (Å²) in [7, 11) is 0. The van der Waals surface area contributed by atoms with Crippen LogP contribution >= 0.6 is 0 Å². The van der Waals surface area contributed by atoms with Crippen molar-refractivity contribution in [3.8, 4) is 0 Å². The van der Waals surface area contributed by atoms with E-state index in [-0.39, 0.29) is 30.8 Å². The van der Waals surface area contributed by atoms with Crippen LogP contribution in [0.2, 0.25) is 0 Å². The highest BCUT2D eigenvalue weighted by molar-refractivity contribution is 5.92. The molecule has 0 spiro atoms. The van der Waals surface area contributed by atoms with Crippen LogP contribution in [-0.2, 0) is 9.53 Å². The van der Waals surface area contributed by atoms with Crippen molar-refractivity contribution in [1.29, 1.82) is 0 Å². The summed E-state index contributed by atoms with van der Waals surface area (Å²) in [4.78, 5) is 25.2. The predicted octanol–water partition coefficient (Wildman–Crippen LogP) is 1.63. The molecule has 2 N–H and O–H groups in total. The Kier molecular flexibility index (Phi) is 5.54. The van der Waals surface area contributed by atoms with Gasteiger partial charge in [0.25, 0.3) is 5.91 Å². The van der Waals surface area contributed by atoms with Gasteiger partial charge in [-0.05, 0) is 24.8 Å². The fourth-order valence-electron chi connectivity index (χ4n) is 2.55. The molecule has 1 saturated heterocycles. The second-order valence-corrected chi connectivity index (χ2v) is 5.85. The molecule has 22 heavy (non-hydrogen) atoms. The van der Waals surface area contributed by atoms with Gasteiger partial charge in [-0.1, -0.05) is 13.8 Å². The number of amides is 1. The van der Waals surface area contributed by atoms with Crippen LogP contribution in [0.5, 0.6) is 0 Å².